The van der Waals surface area contributed by atoms with Crippen LogP contribution in [-0.2, 0) is 13.5 Å². The molecule has 2 nitrogen and oxygen atoms in total. The number of para-hydroxylation sites is 1. The molecule has 3 heterocycles. The largest absolute Gasteiger partial charge is 0.307 e. The monoisotopic (exact) mass is 493 g/mol. The predicted octanol–water partition coefficient (Wildman–Crippen LogP) is 8.83. The molecule has 0 bridgehead atoms. The second-order valence-corrected chi connectivity index (χ2v) is 11.7. The molecule has 7 aromatic rings. The Morgan fingerprint density at radius 2 is 1.63 bits per heavy atom. The average Bonchev–Trinajstić information content (AvgIpc) is 3.56. The lowest BCUT2D eigenvalue weighted by Gasteiger charge is -2.17. The van der Waals surface area contributed by atoms with E-state index in [1.165, 1.54) is 109 Å². The number of hydrogen-bond donors (Lipinski definition) is 0. The maximum absolute atomic E-state index is 2.63. The van der Waals surface area contributed by atoms with Gasteiger partial charge in [0.15, 0.2) is 6.20 Å². The Kier molecular flexibility index (Phi) is 4.68. The van der Waals surface area contributed by atoms with E-state index in [4.69, 9.17) is 0 Å². The number of pyridine rings is 2. The van der Waals surface area contributed by atoms with E-state index in [9.17, 15) is 0 Å². The Balaban J connectivity index is 1.64. The van der Waals surface area contributed by atoms with Crippen molar-refractivity contribution < 1.29 is 4.57 Å². The van der Waals surface area contributed by atoms with Gasteiger partial charge in [-0.2, -0.15) is 0 Å². The molecule has 0 aliphatic heterocycles. The summed E-state index contributed by atoms with van der Waals surface area (Å²) in [6, 6.07) is 27.6. The summed E-state index contributed by atoms with van der Waals surface area (Å²) < 4.78 is 4.98. The first kappa shape index (κ1) is 22.1. The minimum atomic E-state index is 0.820. The maximum atomic E-state index is 2.63. The van der Waals surface area contributed by atoms with Gasteiger partial charge in [-0.15, -0.1) is 0 Å². The predicted molar refractivity (Wildman–Crippen MR) is 160 cm³/mol. The highest BCUT2D eigenvalue weighted by atomic mass is 15.0. The molecule has 0 N–H and O–H groups in total. The van der Waals surface area contributed by atoms with Crippen LogP contribution in [0, 0.1) is 19.8 Å². The first-order valence-corrected chi connectivity index (χ1v) is 14.2. The molecule has 3 aromatic heterocycles. The number of rotatable bonds is 3. The van der Waals surface area contributed by atoms with Gasteiger partial charge in [0.1, 0.15) is 7.05 Å². The van der Waals surface area contributed by atoms with Crippen molar-refractivity contribution in [2.45, 2.75) is 46.0 Å². The standard InChI is InChI=1S/C36H33N2/c1-22-18-30-29-15-9-14-28(26-12-5-4-6-13-26)34(29)38-31-21-25(19-24-10-7-8-11-24)20-27-16-17-37(3)36(33(27)31)32(23(22)2)35(30)38/h4-6,9,12-18,20-21,24H,7-8,10-11,19H2,1-3H3/q+1. The number of aromatic nitrogens is 2. The van der Waals surface area contributed by atoms with Crippen LogP contribution in [0.15, 0.2) is 79.0 Å². The summed E-state index contributed by atoms with van der Waals surface area (Å²) in [5.74, 6) is 0.820. The van der Waals surface area contributed by atoms with Gasteiger partial charge in [-0.25, -0.2) is 4.57 Å². The van der Waals surface area contributed by atoms with E-state index >= 15 is 0 Å². The molecule has 0 spiro atoms. The summed E-state index contributed by atoms with van der Waals surface area (Å²) in [6.07, 6.45) is 8.98. The van der Waals surface area contributed by atoms with Crippen molar-refractivity contribution in [2.75, 3.05) is 0 Å². The van der Waals surface area contributed by atoms with Crippen LogP contribution in [0.5, 0.6) is 0 Å². The van der Waals surface area contributed by atoms with E-state index in [2.05, 4.69) is 109 Å². The fraction of sp³-hybridized carbons (Fsp3) is 0.250. The average molecular weight is 494 g/mol. The second kappa shape index (κ2) is 8.04. The molecule has 0 unspecified atom stereocenters. The molecule has 1 saturated carbocycles. The van der Waals surface area contributed by atoms with E-state index in [1.807, 2.05) is 0 Å². The Bertz CT molecular complexity index is 2020. The zero-order valence-electron chi connectivity index (χ0n) is 22.5. The lowest BCUT2D eigenvalue weighted by Crippen LogP contribution is -2.29. The van der Waals surface area contributed by atoms with Crippen molar-refractivity contribution in [2.24, 2.45) is 13.0 Å². The highest BCUT2D eigenvalue weighted by molar-refractivity contribution is 6.27. The molecule has 4 aromatic carbocycles. The smallest absolute Gasteiger partial charge is 0.224 e. The topological polar surface area (TPSA) is 8.29 Å². The molecule has 0 atom stereocenters. The van der Waals surface area contributed by atoms with Crippen LogP contribution in [0.1, 0.15) is 42.4 Å². The highest BCUT2D eigenvalue weighted by Gasteiger charge is 2.26. The van der Waals surface area contributed by atoms with Crippen molar-refractivity contribution in [1.29, 1.82) is 0 Å². The first-order chi connectivity index (χ1) is 18.6. The van der Waals surface area contributed by atoms with Gasteiger partial charge in [0.05, 0.1) is 27.3 Å². The Hall–Kier alpha value is -3.91. The number of fused-ring (bicyclic) bond motifs is 5. The normalized spacial score (nSPS) is 14.8. The number of aryl methyl sites for hydroxylation is 3. The SMILES string of the molecule is Cc1cc2c3cccc(-c4ccccc4)c3n3c4cc(CC5CCCC5)cc5cc[n+](C)c(c(c1C)c23)c54. The van der Waals surface area contributed by atoms with Crippen LogP contribution < -0.4 is 4.57 Å². The fourth-order valence-electron chi connectivity index (χ4n) is 7.52. The third-order valence-corrected chi connectivity index (χ3v) is 9.43. The zero-order valence-corrected chi connectivity index (χ0v) is 22.5. The molecule has 0 amide bonds. The molecule has 0 radical (unpaired) electrons. The van der Waals surface area contributed by atoms with E-state index in [0.717, 1.165) is 5.92 Å². The lowest BCUT2D eigenvalue weighted by molar-refractivity contribution is -0.643. The first-order valence-electron chi connectivity index (χ1n) is 14.2. The minimum Gasteiger partial charge on any atom is -0.307 e. The van der Waals surface area contributed by atoms with Crippen LogP contribution >= 0.6 is 0 Å². The molecule has 8 rings (SSSR count). The molecule has 1 fully saturated rings. The van der Waals surface area contributed by atoms with Gasteiger partial charge in [0.25, 0.3) is 0 Å². The fourth-order valence-corrected chi connectivity index (χ4v) is 7.52. The van der Waals surface area contributed by atoms with E-state index in [0.29, 0.717) is 0 Å². The quantitative estimate of drug-likeness (QED) is 0.132. The molecular formula is C36H33N2+. The summed E-state index contributed by atoms with van der Waals surface area (Å²) in [7, 11) is 2.21. The maximum Gasteiger partial charge on any atom is 0.224 e. The van der Waals surface area contributed by atoms with Crippen molar-refractivity contribution in [3.63, 3.8) is 0 Å². The summed E-state index contributed by atoms with van der Waals surface area (Å²) in [5, 5.41) is 6.84. The Morgan fingerprint density at radius 1 is 0.816 bits per heavy atom. The van der Waals surface area contributed by atoms with Crippen molar-refractivity contribution >= 4 is 49.0 Å². The van der Waals surface area contributed by atoms with Crippen LogP contribution in [-0.4, -0.2) is 4.40 Å². The van der Waals surface area contributed by atoms with Gasteiger partial charge in [0, 0.05) is 22.4 Å². The van der Waals surface area contributed by atoms with Crippen LogP contribution in [0.3, 0.4) is 0 Å². The second-order valence-electron chi connectivity index (χ2n) is 11.7. The molecule has 1 aliphatic rings. The summed E-state index contributed by atoms with van der Waals surface area (Å²) >= 11 is 0. The molecular weight excluding hydrogens is 460 g/mol. The molecule has 2 heteroatoms. The third-order valence-electron chi connectivity index (χ3n) is 9.43. The van der Waals surface area contributed by atoms with Crippen LogP contribution in [0.2, 0.25) is 0 Å². The van der Waals surface area contributed by atoms with Crippen LogP contribution in [0.25, 0.3) is 60.1 Å². The van der Waals surface area contributed by atoms with Gasteiger partial charge in [-0.1, -0.05) is 80.3 Å². The van der Waals surface area contributed by atoms with Crippen LogP contribution in [0.4, 0.5) is 0 Å². The zero-order chi connectivity index (χ0) is 25.5. The summed E-state index contributed by atoms with van der Waals surface area (Å²) in [6.45, 7) is 4.58. The third kappa shape index (κ3) is 2.98. The van der Waals surface area contributed by atoms with Crippen molar-refractivity contribution in [1.82, 2.24) is 4.40 Å². The van der Waals surface area contributed by atoms with E-state index in [1.54, 1.807) is 0 Å². The Morgan fingerprint density at radius 3 is 2.45 bits per heavy atom. The van der Waals surface area contributed by atoms with E-state index < -0.39 is 0 Å². The van der Waals surface area contributed by atoms with Gasteiger partial charge >= 0.3 is 0 Å². The molecule has 38 heavy (non-hydrogen) atoms. The van der Waals surface area contributed by atoms with Crippen molar-refractivity contribution in [3.8, 4) is 11.1 Å². The van der Waals surface area contributed by atoms with Gasteiger partial charge < -0.3 is 4.40 Å². The number of hydrogen-bond acceptors (Lipinski definition) is 0. The number of benzene rings is 4. The summed E-state index contributed by atoms with van der Waals surface area (Å²) in [4.78, 5) is 0. The molecule has 0 saturated heterocycles. The van der Waals surface area contributed by atoms with Gasteiger partial charge in [-0.05, 0) is 66.0 Å². The van der Waals surface area contributed by atoms with Crippen molar-refractivity contribution in [3.05, 3.63) is 95.7 Å². The minimum absolute atomic E-state index is 0.820. The molecule has 1 aliphatic carbocycles. The lowest BCUT2D eigenvalue weighted by atomic mass is 9.93. The van der Waals surface area contributed by atoms with Gasteiger partial charge in [0.2, 0.25) is 5.52 Å². The Labute approximate surface area is 223 Å². The van der Waals surface area contributed by atoms with Gasteiger partial charge in [-0.3, -0.25) is 0 Å². The highest BCUT2D eigenvalue weighted by Crippen LogP contribution is 2.44. The number of nitrogens with zero attached hydrogens (tertiary/aromatic N) is 2. The van der Waals surface area contributed by atoms with E-state index in [-0.39, 0.29) is 0 Å². The summed E-state index contributed by atoms with van der Waals surface area (Å²) in [5.41, 5.74) is 12.2. The molecule has 186 valence electrons.